The minimum atomic E-state index is -1.97. The van der Waals surface area contributed by atoms with E-state index in [1.165, 1.54) is 0 Å². The lowest BCUT2D eigenvalue weighted by molar-refractivity contribution is -0.151. The third-order valence-electron chi connectivity index (χ3n) is 7.27. The number of fused-ring (bicyclic) bond motifs is 2. The van der Waals surface area contributed by atoms with Crippen LogP contribution in [0.5, 0.6) is 0 Å². The zero-order chi connectivity index (χ0) is 19.6. The van der Waals surface area contributed by atoms with Crippen molar-refractivity contribution in [1.29, 1.82) is 0 Å². The van der Waals surface area contributed by atoms with E-state index in [9.17, 15) is 10.2 Å². The van der Waals surface area contributed by atoms with Crippen molar-refractivity contribution in [2.75, 3.05) is 0 Å². The Kier molecular flexibility index (Phi) is 5.23. The predicted molar refractivity (Wildman–Crippen MR) is 107 cm³/mol. The average molecular weight is 369 g/mol. The van der Waals surface area contributed by atoms with Crippen LogP contribution in [0.25, 0.3) is 0 Å². The van der Waals surface area contributed by atoms with E-state index in [0.717, 1.165) is 12.0 Å². The molecule has 4 heteroatoms. The second-order valence-electron chi connectivity index (χ2n) is 11.5. The molecular formula is C21H40O3Si. The Labute approximate surface area is 156 Å². The fraction of sp³-hybridized carbons (Fsp3) is 0.905. The van der Waals surface area contributed by atoms with Crippen LogP contribution >= 0.6 is 0 Å². The molecule has 5 atom stereocenters. The highest BCUT2D eigenvalue weighted by atomic mass is 28.4. The van der Waals surface area contributed by atoms with Gasteiger partial charge in [-0.05, 0) is 52.8 Å². The summed E-state index contributed by atoms with van der Waals surface area (Å²) in [5.74, 6) is 0.745. The minimum Gasteiger partial charge on any atom is -0.411 e. The predicted octanol–water partition coefficient (Wildman–Crippen LogP) is 4.75. The van der Waals surface area contributed by atoms with E-state index in [-0.39, 0.29) is 22.0 Å². The molecule has 3 saturated carbocycles. The molecule has 0 saturated heterocycles. The average Bonchev–Trinajstić information content (AvgIpc) is 2.39. The quantitative estimate of drug-likeness (QED) is 0.558. The normalized spacial score (nSPS) is 35.4. The van der Waals surface area contributed by atoms with E-state index in [4.69, 9.17) is 4.43 Å². The van der Waals surface area contributed by atoms with Crippen molar-refractivity contribution in [3.05, 3.63) is 11.6 Å². The largest absolute Gasteiger partial charge is 0.411 e. The number of hydrogen-bond acceptors (Lipinski definition) is 3. The van der Waals surface area contributed by atoms with Crippen molar-refractivity contribution in [3.63, 3.8) is 0 Å². The highest BCUT2D eigenvalue weighted by Gasteiger charge is 2.61. The summed E-state index contributed by atoms with van der Waals surface area (Å²) in [7, 11) is -1.97. The first-order chi connectivity index (χ1) is 11.0. The lowest BCUT2D eigenvalue weighted by atomic mass is 9.45. The van der Waals surface area contributed by atoms with Crippen molar-refractivity contribution < 1.29 is 14.6 Å². The van der Waals surface area contributed by atoms with E-state index in [1.54, 1.807) is 0 Å². The minimum absolute atomic E-state index is 0.117. The zero-order valence-electron chi connectivity index (χ0n) is 18.0. The van der Waals surface area contributed by atoms with Gasteiger partial charge in [-0.2, -0.15) is 0 Å². The highest BCUT2D eigenvalue weighted by Crippen LogP contribution is 2.62. The highest BCUT2D eigenvalue weighted by molar-refractivity contribution is 6.74. The van der Waals surface area contributed by atoms with Crippen molar-refractivity contribution in [3.8, 4) is 0 Å². The Hall–Kier alpha value is -0.163. The molecule has 0 aliphatic heterocycles. The maximum absolute atomic E-state index is 11.1. The van der Waals surface area contributed by atoms with Gasteiger partial charge >= 0.3 is 0 Å². The topological polar surface area (TPSA) is 49.7 Å². The van der Waals surface area contributed by atoms with Gasteiger partial charge in [-0.1, -0.05) is 61.5 Å². The van der Waals surface area contributed by atoms with E-state index < -0.39 is 20.5 Å². The molecule has 25 heavy (non-hydrogen) atoms. The molecule has 0 unspecified atom stereocenters. The third kappa shape index (κ3) is 3.65. The maximum Gasteiger partial charge on any atom is 0.192 e. The third-order valence-corrected chi connectivity index (χ3v) is 11.7. The van der Waals surface area contributed by atoms with Crippen LogP contribution in [0, 0.1) is 22.7 Å². The molecule has 3 aliphatic rings. The van der Waals surface area contributed by atoms with Crippen molar-refractivity contribution >= 4 is 8.32 Å². The lowest BCUT2D eigenvalue weighted by Crippen LogP contribution is -2.65. The van der Waals surface area contributed by atoms with Crippen LogP contribution < -0.4 is 0 Å². The van der Waals surface area contributed by atoms with Crippen LogP contribution in [0.1, 0.15) is 61.8 Å². The summed E-state index contributed by atoms with van der Waals surface area (Å²) in [6.45, 7) is 21.9. The summed E-state index contributed by atoms with van der Waals surface area (Å²) < 4.78 is 6.71. The van der Waals surface area contributed by atoms with Crippen LogP contribution in [0.2, 0.25) is 18.1 Å². The van der Waals surface area contributed by atoms with Gasteiger partial charge in [-0.15, -0.1) is 0 Å². The van der Waals surface area contributed by atoms with Crippen molar-refractivity contribution in [2.24, 2.45) is 22.7 Å². The molecule has 146 valence electrons. The number of hydrogen-bond donors (Lipinski definition) is 2. The number of aliphatic hydroxyl groups is 2. The molecule has 3 rings (SSSR count). The van der Waals surface area contributed by atoms with Gasteiger partial charge in [0.25, 0.3) is 0 Å². The van der Waals surface area contributed by atoms with Gasteiger partial charge in [-0.3, -0.25) is 0 Å². The van der Waals surface area contributed by atoms with Crippen LogP contribution in [-0.4, -0.2) is 36.8 Å². The SMILES string of the molecule is CC(C)(C)[C@@H](O)C=C1[C@@H](O)[C@H](O[Si](C)(C)C(C)(C)C)[C@H]2C[C@@H]1C2(C)C. The zero-order valence-corrected chi connectivity index (χ0v) is 19.0. The molecule has 0 aromatic carbocycles. The van der Waals surface area contributed by atoms with Gasteiger partial charge in [0.15, 0.2) is 8.32 Å². The Morgan fingerprint density at radius 2 is 1.68 bits per heavy atom. The van der Waals surface area contributed by atoms with Crippen LogP contribution in [0.3, 0.4) is 0 Å². The Balaban J connectivity index is 2.35. The van der Waals surface area contributed by atoms with E-state index in [0.29, 0.717) is 11.8 Å². The molecule has 3 fully saturated rings. The Bertz CT molecular complexity index is 536. The fourth-order valence-corrected chi connectivity index (χ4v) is 5.34. The van der Waals surface area contributed by atoms with Crippen LogP contribution in [0.4, 0.5) is 0 Å². The van der Waals surface area contributed by atoms with Gasteiger partial charge in [0.1, 0.15) is 6.10 Å². The Morgan fingerprint density at radius 3 is 2.08 bits per heavy atom. The second-order valence-corrected chi connectivity index (χ2v) is 16.2. The van der Waals surface area contributed by atoms with E-state index >= 15 is 0 Å². The van der Waals surface area contributed by atoms with E-state index in [1.807, 2.05) is 26.8 Å². The standard InChI is InChI=1S/C21H40O3Si/c1-19(2,3)16(22)11-13-14-12-15(21(14,7)8)18(17(13)23)24-25(9,10)20(4,5)6/h11,14-18,22-23H,12H2,1-10H3/t14-,15+,16-,17+,18+/m0/s1. The van der Waals surface area contributed by atoms with Gasteiger partial charge in [0.05, 0.1) is 12.2 Å². The molecule has 0 aromatic heterocycles. The van der Waals surface area contributed by atoms with Crippen LogP contribution in [0.15, 0.2) is 11.6 Å². The monoisotopic (exact) mass is 368 g/mol. The molecule has 0 aromatic rings. The maximum atomic E-state index is 11.1. The molecule has 0 amide bonds. The van der Waals surface area contributed by atoms with Gasteiger partial charge in [-0.25, -0.2) is 0 Å². The lowest BCUT2D eigenvalue weighted by Gasteiger charge is -2.63. The molecule has 2 N–H and O–H groups in total. The fourth-order valence-electron chi connectivity index (χ4n) is 4.01. The molecule has 0 spiro atoms. The van der Waals surface area contributed by atoms with Gasteiger partial charge in [0.2, 0.25) is 0 Å². The van der Waals surface area contributed by atoms with E-state index in [2.05, 4.69) is 47.7 Å². The summed E-state index contributed by atoms with van der Waals surface area (Å²) >= 11 is 0. The van der Waals surface area contributed by atoms with Gasteiger partial charge < -0.3 is 14.6 Å². The Morgan fingerprint density at radius 1 is 1.16 bits per heavy atom. The second kappa shape index (κ2) is 6.18. The summed E-state index contributed by atoms with van der Waals surface area (Å²) in [5, 5.41) is 21.8. The summed E-state index contributed by atoms with van der Waals surface area (Å²) in [4.78, 5) is 0. The number of rotatable bonds is 3. The van der Waals surface area contributed by atoms with Crippen molar-refractivity contribution in [2.45, 2.75) is 98.3 Å². The van der Waals surface area contributed by atoms with Crippen LogP contribution in [-0.2, 0) is 4.43 Å². The first kappa shape index (κ1) is 21.1. The molecule has 0 radical (unpaired) electrons. The molecular weight excluding hydrogens is 328 g/mol. The summed E-state index contributed by atoms with van der Waals surface area (Å²) in [5.41, 5.74) is 0.891. The van der Waals surface area contributed by atoms with Gasteiger partial charge in [0, 0.05) is 0 Å². The first-order valence-corrected chi connectivity index (χ1v) is 12.7. The van der Waals surface area contributed by atoms with Crippen molar-refractivity contribution in [1.82, 2.24) is 0 Å². The summed E-state index contributed by atoms with van der Waals surface area (Å²) in [6.07, 6.45) is 1.68. The molecule has 0 heterocycles. The molecule has 2 bridgehead atoms. The number of aliphatic hydroxyl groups excluding tert-OH is 2. The summed E-state index contributed by atoms with van der Waals surface area (Å²) in [6, 6.07) is 0. The molecule has 3 aliphatic carbocycles. The smallest absolute Gasteiger partial charge is 0.192 e. The first-order valence-electron chi connectivity index (χ1n) is 9.75. The molecule has 3 nitrogen and oxygen atoms in total.